The van der Waals surface area contributed by atoms with Gasteiger partial charge in [-0.3, -0.25) is 0 Å². The Labute approximate surface area is 125 Å². The molecule has 0 bridgehead atoms. The Kier molecular flexibility index (Phi) is 4.50. The molecule has 114 valence electrons. The average molecular weight is 290 g/mol. The molecule has 2 atom stereocenters. The minimum absolute atomic E-state index is 0.291. The van der Waals surface area contributed by atoms with Crippen molar-refractivity contribution >= 4 is 12.0 Å². The van der Waals surface area contributed by atoms with Crippen molar-refractivity contribution in [2.75, 3.05) is 13.1 Å². The van der Waals surface area contributed by atoms with Gasteiger partial charge in [0.15, 0.2) is 0 Å². The summed E-state index contributed by atoms with van der Waals surface area (Å²) in [4.78, 5) is 25.2. The number of rotatable bonds is 4. The quantitative estimate of drug-likeness (QED) is 0.895. The molecule has 2 unspecified atom stereocenters. The van der Waals surface area contributed by atoms with Crippen LogP contribution in [0.15, 0.2) is 30.3 Å². The highest BCUT2D eigenvalue weighted by atomic mass is 16.4. The van der Waals surface area contributed by atoms with Crippen molar-refractivity contribution in [3.63, 3.8) is 0 Å². The zero-order valence-corrected chi connectivity index (χ0v) is 12.5. The fraction of sp³-hybridized carbons (Fsp3) is 0.500. The highest BCUT2D eigenvalue weighted by Crippen LogP contribution is 2.27. The SMILES string of the molecule is CCC(C)(NC(=O)N1CCC(c2ccccc2)C1)C(=O)O. The number of carboxylic acids is 1. The molecular formula is C16H22N2O3. The number of hydrogen-bond acceptors (Lipinski definition) is 2. The number of carboxylic acid groups (broad SMARTS) is 1. The molecule has 5 nitrogen and oxygen atoms in total. The van der Waals surface area contributed by atoms with Crippen molar-refractivity contribution < 1.29 is 14.7 Å². The number of urea groups is 1. The van der Waals surface area contributed by atoms with Crippen LogP contribution in [-0.2, 0) is 4.79 Å². The van der Waals surface area contributed by atoms with Crippen molar-refractivity contribution in [1.82, 2.24) is 10.2 Å². The topological polar surface area (TPSA) is 69.6 Å². The molecule has 5 heteroatoms. The van der Waals surface area contributed by atoms with E-state index in [1.165, 1.54) is 12.5 Å². The molecule has 0 spiro atoms. The summed E-state index contributed by atoms with van der Waals surface area (Å²) in [5.41, 5.74) is 0.0198. The van der Waals surface area contributed by atoms with Gasteiger partial charge in [0.2, 0.25) is 0 Å². The van der Waals surface area contributed by atoms with Crippen LogP contribution in [0, 0.1) is 0 Å². The Bertz CT molecular complexity index is 518. The molecule has 1 fully saturated rings. The van der Waals surface area contributed by atoms with E-state index in [0.717, 1.165) is 6.42 Å². The van der Waals surface area contributed by atoms with Crippen molar-refractivity contribution in [2.24, 2.45) is 0 Å². The van der Waals surface area contributed by atoms with Crippen LogP contribution in [-0.4, -0.2) is 40.6 Å². The maximum Gasteiger partial charge on any atom is 0.329 e. The summed E-state index contributed by atoms with van der Waals surface area (Å²) < 4.78 is 0. The lowest BCUT2D eigenvalue weighted by molar-refractivity contribution is -0.143. The molecule has 1 saturated heterocycles. The summed E-state index contributed by atoms with van der Waals surface area (Å²) in [6.07, 6.45) is 1.26. The smallest absolute Gasteiger partial charge is 0.329 e. The lowest BCUT2D eigenvalue weighted by Crippen LogP contribution is -2.55. The van der Waals surface area contributed by atoms with Crippen LogP contribution in [0.2, 0.25) is 0 Å². The molecule has 0 aliphatic carbocycles. The van der Waals surface area contributed by atoms with Crippen molar-refractivity contribution in [2.45, 2.75) is 38.1 Å². The van der Waals surface area contributed by atoms with Gasteiger partial charge < -0.3 is 15.3 Å². The van der Waals surface area contributed by atoms with Crippen LogP contribution in [0.5, 0.6) is 0 Å². The fourth-order valence-electron chi connectivity index (χ4n) is 2.55. The van der Waals surface area contributed by atoms with Crippen LogP contribution >= 0.6 is 0 Å². The van der Waals surface area contributed by atoms with Crippen LogP contribution in [0.25, 0.3) is 0 Å². The molecule has 0 saturated carbocycles. The molecular weight excluding hydrogens is 268 g/mol. The van der Waals surface area contributed by atoms with E-state index in [2.05, 4.69) is 17.4 Å². The Balaban J connectivity index is 1.98. The summed E-state index contributed by atoms with van der Waals surface area (Å²) >= 11 is 0. The predicted molar refractivity (Wildman–Crippen MR) is 80.2 cm³/mol. The maximum atomic E-state index is 12.3. The molecule has 21 heavy (non-hydrogen) atoms. The zero-order chi connectivity index (χ0) is 15.5. The van der Waals surface area contributed by atoms with Gasteiger partial charge in [0.25, 0.3) is 0 Å². The number of benzene rings is 1. The van der Waals surface area contributed by atoms with Gasteiger partial charge in [0.1, 0.15) is 5.54 Å². The number of carbonyl (C=O) groups excluding carboxylic acids is 1. The second-order valence-corrected chi connectivity index (χ2v) is 5.76. The number of carbonyl (C=O) groups is 2. The van der Waals surface area contributed by atoms with E-state index in [1.807, 2.05) is 18.2 Å². The average Bonchev–Trinajstić information content (AvgIpc) is 2.97. The van der Waals surface area contributed by atoms with E-state index in [1.54, 1.807) is 11.8 Å². The molecule has 0 aromatic heterocycles. The van der Waals surface area contributed by atoms with Gasteiger partial charge in [0.05, 0.1) is 0 Å². The second kappa shape index (κ2) is 6.16. The van der Waals surface area contributed by atoms with E-state index in [9.17, 15) is 14.7 Å². The molecule has 1 aromatic carbocycles. The van der Waals surface area contributed by atoms with Crippen LogP contribution in [0.3, 0.4) is 0 Å². The molecule has 2 rings (SSSR count). The first-order valence-corrected chi connectivity index (χ1v) is 7.31. The van der Waals surface area contributed by atoms with Gasteiger partial charge >= 0.3 is 12.0 Å². The normalized spacial score (nSPS) is 20.9. The molecule has 1 aliphatic heterocycles. The van der Waals surface area contributed by atoms with Crippen molar-refractivity contribution in [3.8, 4) is 0 Å². The number of nitrogens with zero attached hydrogens (tertiary/aromatic N) is 1. The Morgan fingerprint density at radius 1 is 1.38 bits per heavy atom. The molecule has 1 aromatic rings. The third-order valence-electron chi connectivity index (χ3n) is 4.31. The van der Waals surface area contributed by atoms with Gasteiger partial charge in [-0.1, -0.05) is 37.3 Å². The summed E-state index contributed by atoms with van der Waals surface area (Å²) in [6.45, 7) is 4.59. The van der Waals surface area contributed by atoms with Crippen LogP contribution in [0.4, 0.5) is 4.79 Å². The van der Waals surface area contributed by atoms with Gasteiger partial charge in [-0.15, -0.1) is 0 Å². The van der Waals surface area contributed by atoms with Gasteiger partial charge in [-0.2, -0.15) is 0 Å². The van der Waals surface area contributed by atoms with E-state index in [-0.39, 0.29) is 6.03 Å². The van der Waals surface area contributed by atoms with Gasteiger partial charge in [0, 0.05) is 19.0 Å². The number of likely N-dealkylation sites (tertiary alicyclic amines) is 1. The zero-order valence-electron chi connectivity index (χ0n) is 12.5. The fourth-order valence-corrected chi connectivity index (χ4v) is 2.55. The van der Waals surface area contributed by atoms with Gasteiger partial charge in [-0.25, -0.2) is 9.59 Å². The number of hydrogen-bond donors (Lipinski definition) is 2. The predicted octanol–water partition coefficient (Wildman–Crippen LogP) is 2.44. The van der Waals surface area contributed by atoms with E-state index >= 15 is 0 Å². The number of aliphatic carboxylic acids is 1. The standard InChI is InChI=1S/C16H22N2O3/c1-3-16(2,14(19)20)17-15(21)18-10-9-13(11-18)12-7-5-4-6-8-12/h4-8,13H,3,9-11H2,1-2H3,(H,17,21)(H,19,20). The van der Waals surface area contributed by atoms with E-state index in [4.69, 9.17) is 0 Å². The Hall–Kier alpha value is -2.04. The van der Waals surface area contributed by atoms with Crippen LogP contribution in [0.1, 0.15) is 38.2 Å². The third-order valence-corrected chi connectivity index (χ3v) is 4.31. The maximum absolute atomic E-state index is 12.3. The molecule has 0 radical (unpaired) electrons. The summed E-state index contributed by atoms with van der Waals surface area (Å²) in [5, 5.41) is 11.9. The Morgan fingerprint density at radius 3 is 2.62 bits per heavy atom. The molecule has 1 heterocycles. The monoisotopic (exact) mass is 290 g/mol. The Morgan fingerprint density at radius 2 is 2.05 bits per heavy atom. The summed E-state index contributed by atoms with van der Waals surface area (Å²) in [5.74, 6) is -0.674. The lowest BCUT2D eigenvalue weighted by Gasteiger charge is -2.28. The molecule has 2 N–H and O–H groups in total. The van der Waals surface area contributed by atoms with Crippen molar-refractivity contribution in [1.29, 1.82) is 0 Å². The third kappa shape index (κ3) is 3.35. The number of nitrogens with one attached hydrogen (secondary N) is 1. The minimum Gasteiger partial charge on any atom is -0.480 e. The second-order valence-electron chi connectivity index (χ2n) is 5.76. The lowest BCUT2D eigenvalue weighted by atomic mass is 9.99. The first-order valence-electron chi connectivity index (χ1n) is 7.31. The summed E-state index contributed by atoms with van der Waals surface area (Å²) in [7, 11) is 0. The molecule has 2 amide bonds. The first-order chi connectivity index (χ1) is 9.96. The number of amides is 2. The van der Waals surface area contributed by atoms with Crippen molar-refractivity contribution in [3.05, 3.63) is 35.9 Å². The molecule has 1 aliphatic rings. The minimum atomic E-state index is -1.21. The van der Waals surface area contributed by atoms with E-state index in [0.29, 0.717) is 25.4 Å². The van der Waals surface area contributed by atoms with Crippen LogP contribution < -0.4 is 5.32 Å². The largest absolute Gasteiger partial charge is 0.480 e. The highest BCUT2D eigenvalue weighted by molar-refractivity contribution is 5.86. The van der Waals surface area contributed by atoms with Gasteiger partial charge in [-0.05, 0) is 25.3 Å². The highest BCUT2D eigenvalue weighted by Gasteiger charge is 2.36. The summed E-state index contributed by atoms with van der Waals surface area (Å²) in [6, 6.07) is 9.81. The van der Waals surface area contributed by atoms with E-state index < -0.39 is 11.5 Å². The first kappa shape index (κ1) is 15.4.